The first-order valence-electron chi connectivity index (χ1n) is 7.63. The Balaban J connectivity index is 1.49. The van der Waals surface area contributed by atoms with E-state index in [1.807, 2.05) is 40.6 Å². The molecule has 0 spiro atoms. The van der Waals surface area contributed by atoms with Gasteiger partial charge in [-0.2, -0.15) is 11.3 Å². The van der Waals surface area contributed by atoms with Crippen LogP contribution in [0.4, 0.5) is 0 Å². The van der Waals surface area contributed by atoms with Crippen LogP contribution in [0.1, 0.15) is 28.4 Å². The second-order valence-electron chi connectivity index (χ2n) is 5.70. The van der Waals surface area contributed by atoms with Crippen molar-refractivity contribution in [3.05, 3.63) is 63.8 Å². The smallest absolute Gasteiger partial charge is 0.273 e. The third-order valence-corrected chi connectivity index (χ3v) is 5.83. The molecule has 1 atom stereocenters. The fourth-order valence-corrected chi connectivity index (χ4v) is 4.51. The Hall–Kier alpha value is -1.98. The maximum Gasteiger partial charge on any atom is 0.273 e. The molecule has 1 amide bonds. The lowest BCUT2D eigenvalue weighted by molar-refractivity contribution is 0.0786. The number of thiophene rings is 1. The Morgan fingerprint density at radius 3 is 2.83 bits per heavy atom. The number of amides is 1. The van der Waals surface area contributed by atoms with Gasteiger partial charge >= 0.3 is 0 Å². The lowest BCUT2D eigenvalue weighted by Gasteiger charge is -2.14. The van der Waals surface area contributed by atoms with Crippen LogP contribution in [0.25, 0.3) is 10.6 Å². The number of nitrogens with zero attached hydrogens (tertiary/aromatic N) is 2. The molecular weight excluding hydrogens is 324 g/mol. The Morgan fingerprint density at radius 2 is 2.04 bits per heavy atom. The highest BCUT2D eigenvalue weighted by Crippen LogP contribution is 2.30. The maximum absolute atomic E-state index is 12.7. The number of rotatable bonds is 3. The van der Waals surface area contributed by atoms with Gasteiger partial charge in [-0.15, -0.1) is 11.3 Å². The van der Waals surface area contributed by atoms with E-state index in [1.54, 1.807) is 11.3 Å². The van der Waals surface area contributed by atoms with Gasteiger partial charge in [-0.25, -0.2) is 4.98 Å². The molecule has 1 aromatic carbocycles. The van der Waals surface area contributed by atoms with Crippen LogP contribution in [0.2, 0.25) is 0 Å². The van der Waals surface area contributed by atoms with Gasteiger partial charge < -0.3 is 4.90 Å². The van der Waals surface area contributed by atoms with Crippen LogP contribution in [0.3, 0.4) is 0 Å². The van der Waals surface area contributed by atoms with E-state index in [1.165, 1.54) is 16.9 Å². The van der Waals surface area contributed by atoms with Crippen molar-refractivity contribution in [1.29, 1.82) is 0 Å². The second-order valence-corrected chi connectivity index (χ2v) is 7.34. The molecule has 5 heteroatoms. The van der Waals surface area contributed by atoms with E-state index < -0.39 is 0 Å². The first-order chi connectivity index (χ1) is 11.3. The summed E-state index contributed by atoms with van der Waals surface area (Å²) in [5, 5.41) is 7.08. The molecule has 0 aliphatic carbocycles. The number of aromatic nitrogens is 1. The fraction of sp³-hybridized carbons (Fsp3) is 0.222. The fourth-order valence-electron chi connectivity index (χ4n) is 2.97. The van der Waals surface area contributed by atoms with Crippen molar-refractivity contribution < 1.29 is 4.79 Å². The van der Waals surface area contributed by atoms with Crippen LogP contribution in [0, 0.1) is 0 Å². The molecule has 1 fully saturated rings. The average Bonchev–Trinajstić information content (AvgIpc) is 3.35. The lowest BCUT2D eigenvalue weighted by atomic mass is 10.0. The van der Waals surface area contributed by atoms with Crippen LogP contribution in [-0.2, 0) is 0 Å². The van der Waals surface area contributed by atoms with Crippen molar-refractivity contribution in [3.8, 4) is 10.6 Å². The summed E-state index contributed by atoms with van der Waals surface area (Å²) in [7, 11) is 0. The molecule has 1 unspecified atom stereocenters. The zero-order valence-electron chi connectivity index (χ0n) is 12.5. The molecule has 0 bridgehead atoms. The SMILES string of the molecule is O=C(c1csc(-c2ccccc2)n1)N1CCC(c2ccsc2)C1. The topological polar surface area (TPSA) is 33.2 Å². The quantitative estimate of drug-likeness (QED) is 0.703. The molecule has 1 aliphatic rings. The first-order valence-corrected chi connectivity index (χ1v) is 9.46. The van der Waals surface area contributed by atoms with E-state index >= 15 is 0 Å². The van der Waals surface area contributed by atoms with Crippen LogP contribution < -0.4 is 0 Å². The van der Waals surface area contributed by atoms with Crippen molar-refractivity contribution in [1.82, 2.24) is 9.88 Å². The van der Waals surface area contributed by atoms with E-state index in [9.17, 15) is 4.79 Å². The van der Waals surface area contributed by atoms with Crippen molar-refractivity contribution in [2.45, 2.75) is 12.3 Å². The van der Waals surface area contributed by atoms with Gasteiger partial charge in [0.25, 0.3) is 5.91 Å². The van der Waals surface area contributed by atoms with Crippen LogP contribution in [-0.4, -0.2) is 28.9 Å². The highest BCUT2D eigenvalue weighted by Gasteiger charge is 2.29. The number of carbonyl (C=O) groups is 1. The highest BCUT2D eigenvalue weighted by molar-refractivity contribution is 7.13. The summed E-state index contributed by atoms with van der Waals surface area (Å²) >= 11 is 3.25. The molecule has 3 aromatic rings. The van der Waals surface area contributed by atoms with E-state index in [2.05, 4.69) is 21.8 Å². The average molecular weight is 340 g/mol. The highest BCUT2D eigenvalue weighted by atomic mass is 32.1. The predicted octanol–water partition coefficient (Wildman–Crippen LogP) is 4.50. The molecular formula is C18H16N2OS2. The number of likely N-dealkylation sites (tertiary alicyclic amines) is 1. The third kappa shape index (κ3) is 2.94. The minimum Gasteiger partial charge on any atom is -0.337 e. The summed E-state index contributed by atoms with van der Waals surface area (Å²) in [6.07, 6.45) is 1.04. The third-order valence-electron chi connectivity index (χ3n) is 4.23. The molecule has 0 radical (unpaired) electrons. The molecule has 0 N–H and O–H groups in total. The zero-order chi connectivity index (χ0) is 15.6. The lowest BCUT2D eigenvalue weighted by Crippen LogP contribution is -2.28. The number of carbonyl (C=O) groups excluding carboxylic acids is 1. The Bertz CT molecular complexity index is 796. The largest absolute Gasteiger partial charge is 0.337 e. The van der Waals surface area contributed by atoms with Gasteiger partial charge in [-0.05, 0) is 28.8 Å². The second kappa shape index (κ2) is 6.26. The van der Waals surface area contributed by atoms with Gasteiger partial charge in [0.2, 0.25) is 0 Å². The van der Waals surface area contributed by atoms with Gasteiger partial charge in [0.1, 0.15) is 10.7 Å². The van der Waals surface area contributed by atoms with Gasteiger partial charge in [-0.1, -0.05) is 30.3 Å². The summed E-state index contributed by atoms with van der Waals surface area (Å²) in [4.78, 5) is 19.2. The van der Waals surface area contributed by atoms with Gasteiger partial charge in [0.05, 0.1) is 0 Å². The summed E-state index contributed by atoms with van der Waals surface area (Å²) in [5.41, 5.74) is 2.99. The summed E-state index contributed by atoms with van der Waals surface area (Å²) < 4.78 is 0. The maximum atomic E-state index is 12.7. The standard InChI is InChI=1S/C18H16N2OS2/c21-18(20-8-6-14(10-20)15-7-9-22-11-15)16-12-23-17(19-16)13-4-2-1-3-5-13/h1-5,7,9,11-12,14H,6,8,10H2. The number of benzene rings is 1. The summed E-state index contributed by atoms with van der Waals surface area (Å²) in [6, 6.07) is 12.2. The summed E-state index contributed by atoms with van der Waals surface area (Å²) in [5.74, 6) is 0.526. The zero-order valence-corrected chi connectivity index (χ0v) is 14.1. The van der Waals surface area contributed by atoms with Crippen LogP contribution >= 0.6 is 22.7 Å². The van der Waals surface area contributed by atoms with Gasteiger partial charge in [0.15, 0.2) is 0 Å². The van der Waals surface area contributed by atoms with Crippen molar-refractivity contribution in [2.75, 3.05) is 13.1 Å². The first kappa shape index (κ1) is 14.6. The van der Waals surface area contributed by atoms with E-state index in [0.717, 1.165) is 30.1 Å². The molecule has 1 aliphatic heterocycles. The molecule has 23 heavy (non-hydrogen) atoms. The van der Waals surface area contributed by atoms with E-state index in [0.29, 0.717) is 11.6 Å². The minimum atomic E-state index is 0.0566. The molecule has 116 valence electrons. The molecule has 0 saturated carbocycles. The van der Waals surface area contributed by atoms with Crippen LogP contribution in [0.15, 0.2) is 52.5 Å². The number of hydrogen-bond donors (Lipinski definition) is 0. The Labute approximate surface area is 143 Å². The van der Waals surface area contributed by atoms with Crippen LogP contribution in [0.5, 0.6) is 0 Å². The Kier molecular flexibility index (Phi) is 3.97. The monoisotopic (exact) mass is 340 g/mol. The van der Waals surface area contributed by atoms with Crippen molar-refractivity contribution >= 4 is 28.6 Å². The molecule has 3 nitrogen and oxygen atoms in total. The minimum absolute atomic E-state index is 0.0566. The van der Waals surface area contributed by atoms with E-state index in [4.69, 9.17) is 0 Å². The molecule has 3 heterocycles. The van der Waals surface area contributed by atoms with E-state index in [-0.39, 0.29) is 5.91 Å². The summed E-state index contributed by atoms with van der Waals surface area (Å²) in [6.45, 7) is 1.62. The van der Waals surface area contributed by atoms with Crippen molar-refractivity contribution in [3.63, 3.8) is 0 Å². The predicted molar refractivity (Wildman–Crippen MR) is 95.1 cm³/mol. The molecule has 4 rings (SSSR count). The molecule has 1 saturated heterocycles. The normalized spacial score (nSPS) is 17.6. The number of hydrogen-bond acceptors (Lipinski definition) is 4. The van der Waals surface area contributed by atoms with Crippen molar-refractivity contribution in [2.24, 2.45) is 0 Å². The van der Waals surface area contributed by atoms with Gasteiger partial charge in [-0.3, -0.25) is 4.79 Å². The molecule has 2 aromatic heterocycles. The number of thiazole rings is 1. The van der Waals surface area contributed by atoms with Gasteiger partial charge in [0, 0.05) is 30.0 Å². The Morgan fingerprint density at radius 1 is 1.17 bits per heavy atom.